The van der Waals surface area contributed by atoms with Crippen LogP contribution in [-0.2, 0) is 16.6 Å². The second kappa shape index (κ2) is 6.00. The van der Waals surface area contributed by atoms with Crippen LogP contribution in [0, 0.1) is 5.92 Å². The quantitative estimate of drug-likeness (QED) is 0.821. The van der Waals surface area contributed by atoms with Gasteiger partial charge in [0.2, 0.25) is 10.0 Å². The van der Waals surface area contributed by atoms with E-state index in [-0.39, 0.29) is 12.5 Å². The average molecular weight is 284 g/mol. The average Bonchev–Trinajstić information content (AvgIpc) is 2.89. The Morgan fingerprint density at radius 1 is 1.37 bits per heavy atom. The normalized spacial score (nSPS) is 20.8. The first-order valence-corrected chi connectivity index (χ1v) is 7.86. The molecule has 2 rings (SSSR count). The molecule has 0 amide bonds. The molecule has 6 heteroatoms. The summed E-state index contributed by atoms with van der Waals surface area (Å²) in [6.45, 7) is 1.67. The van der Waals surface area contributed by atoms with Gasteiger partial charge in [-0.1, -0.05) is 12.1 Å². The Kier molecular flexibility index (Phi) is 4.57. The minimum absolute atomic E-state index is 0.0487. The number of nitrogens with zero attached hydrogens (tertiary/aromatic N) is 1. The number of aliphatic hydroxyl groups is 1. The summed E-state index contributed by atoms with van der Waals surface area (Å²) in [5.74, 6) is 0.0679. The van der Waals surface area contributed by atoms with Crippen molar-refractivity contribution in [2.24, 2.45) is 5.92 Å². The monoisotopic (exact) mass is 284 g/mol. The second-order valence-electron chi connectivity index (χ2n) is 4.87. The van der Waals surface area contributed by atoms with E-state index in [1.165, 1.54) is 4.31 Å². The van der Waals surface area contributed by atoms with Crippen molar-refractivity contribution in [1.82, 2.24) is 9.62 Å². The molecule has 0 bridgehead atoms. The van der Waals surface area contributed by atoms with Gasteiger partial charge in [0, 0.05) is 26.2 Å². The number of rotatable bonds is 5. The lowest BCUT2D eigenvalue weighted by Gasteiger charge is -2.16. The Balaban J connectivity index is 2.15. The highest BCUT2D eigenvalue weighted by molar-refractivity contribution is 7.89. The molecular formula is C13H20N2O3S. The third kappa shape index (κ3) is 3.14. The lowest BCUT2D eigenvalue weighted by molar-refractivity contribution is 0.233. The maximum Gasteiger partial charge on any atom is 0.243 e. The van der Waals surface area contributed by atoms with Gasteiger partial charge in [0.05, 0.1) is 4.90 Å². The zero-order valence-corrected chi connectivity index (χ0v) is 11.9. The summed E-state index contributed by atoms with van der Waals surface area (Å²) in [5.41, 5.74) is 1.05. The highest BCUT2D eigenvalue weighted by Gasteiger charge is 2.31. The molecule has 106 valence electrons. The van der Waals surface area contributed by atoms with Crippen molar-refractivity contribution in [3.05, 3.63) is 29.8 Å². The van der Waals surface area contributed by atoms with E-state index in [0.29, 0.717) is 18.0 Å². The lowest BCUT2D eigenvalue weighted by Crippen LogP contribution is -2.29. The molecule has 1 aliphatic rings. The van der Waals surface area contributed by atoms with Crippen LogP contribution in [0.2, 0.25) is 0 Å². The van der Waals surface area contributed by atoms with E-state index in [1.54, 1.807) is 12.1 Å². The van der Waals surface area contributed by atoms with Gasteiger partial charge < -0.3 is 10.4 Å². The van der Waals surface area contributed by atoms with Gasteiger partial charge in [0.1, 0.15) is 0 Å². The number of aliphatic hydroxyl groups excluding tert-OH is 1. The van der Waals surface area contributed by atoms with Gasteiger partial charge in [-0.3, -0.25) is 0 Å². The van der Waals surface area contributed by atoms with E-state index in [0.717, 1.165) is 18.5 Å². The summed E-state index contributed by atoms with van der Waals surface area (Å²) in [4.78, 5) is 0.325. The van der Waals surface area contributed by atoms with Crippen molar-refractivity contribution >= 4 is 10.0 Å². The molecular weight excluding hydrogens is 264 g/mol. The first kappa shape index (κ1) is 14.5. The topological polar surface area (TPSA) is 69.6 Å². The van der Waals surface area contributed by atoms with E-state index < -0.39 is 10.0 Å². The highest BCUT2D eigenvalue weighted by Crippen LogP contribution is 2.24. The van der Waals surface area contributed by atoms with Gasteiger partial charge in [0.25, 0.3) is 0 Å². The second-order valence-corrected chi connectivity index (χ2v) is 6.81. The molecule has 1 aromatic rings. The lowest BCUT2D eigenvalue weighted by atomic mass is 10.1. The number of benzene rings is 1. The molecule has 0 spiro atoms. The molecule has 0 radical (unpaired) electrons. The first-order chi connectivity index (χ1) is 9.07. The minimum Gasteiger partial charge on any atom is -0.396 e. The molecule has 1 aliphatic heterocycles. The van der Waals surface area contributed by atoms with Crippen LogP contribution in [0.25, 0.3) is 0 Å². The summed E-state index contributed by atoms with van der Waals surface area (Å²) < 4.78 is 26.2. The summed E-state index contributed by atoms with van der Waals surface area (Å²) >= 11 is 0. The van der Waals surface area contributed by atoms with Crippen molar-refractivity contribution in [2.75, 3.05) is 26.7 Å². The van der Waals surface area contributed by atoms with Gasteiger partial charge in [-0.05, 0) is 37.1 Å². The molecule has 0 aromatic heterocycles. The maximum atomic E-state index is 12.4. The summed E-state index contributed by atoms with van der Waals surface area (Å²) in [5, 5.41) is 12.1. The van der Waals surface area contributed by atoms with E-state index in [2.05, 4.69) is 5.32 Å². The molecule has 0 saturated carbocycles. The van der Waals surface area contributed by atoms with Crippen LogP contribution >= 0.6 is 0 Å². The molecule has 1 fully saturated rings. The predicted molar refractivity (Wildman–Crippen MR) is 73.2 cm³/mol. The van der Waals surface area contributed by atoms with Crippen LogP contribution in [0.1, 0.15) is 12.0 Å². The Morgan fingerprint density at radius 3 is 2.58 bits per heavy atom. The predicted octanol–water partition coefficient (Wildman–Crippen LogP) is 0.409. The Labute approximate surface area is 114 Å². The molecule has 2 N–H and O–H groups in total. The zero-order chi connectivity index (χ0) is 13.9. The largest absolute Gasteiger partial charge is 0.396 e. The molecule has 1 saturated heterocycles. The fourth-order valence-corrected chi connectivity index (χ4v) is 3.83. The molecule has 5 nitrogen and oxygen atoms in total. The molecule has 1 heterocycles. The van der Waals surface area contributed by atoms with Gasteiger partial charge in [-0.15, -0.1) is 0 Å². The number of sulfonamides is 1. The molecule has 1 atom stereocenters. The molecule has 1 unspecified atom stereocenters. The van der Waals surface area contributed by atoms with Crippen LogP contribution in [0.3, 0.4) is 0 Å². The number of hydrogen-bond acceptors (Lipinski definition) is 4. The number of nitrogens with one attached hydrogen (secondary N) is 1. The van der Waals surface area contributed by atoms with Gasteiger partial charge >= 0.3 is 0 Å². The van der Waals surface area contributed by atoms with Crippen LogP contribution in [0.5, 0.6) is 0 Å². The van der Waals surface area contributed by atoms with E-state index >= 15 is 0 Å². The SMILES string of the molecule is CNCc1ccc(S(=O)(=O)N2CCC(CO)C2)cc1. The zero-order valence-electron chi connectivity index (χ0n) is 11.0. The molecule has 1 aromatic carbocycles. The van der Waals surface area contributed by atoms with E-state index in [9.17, 15) is 8.42 Å². The third-order valence-corrected chi connectivity index (χ3v) is 5.33. The fraction of sp³-hybridized carbons (Fsp3) is 0.538. The van der Waals surface area contributed by atoms with Crippen molar-refractivity contribution in [3.63, 3.8) is 0 Å². The summed E-state index contributed by atoms with van der Waals surface area (Å²) in [7, 11) is -1.56. The van der Waals surface area contributed by atoms with E-state index in [1.807, 2.05) is 19.2 Å². The van der Waals surface area contributed by atoms with Crippen molar-refractivity contribution in [3.8, 4) is 0 Å². The fourth-order valence-electron chi connectivity index (χ4n) is 2.30. The standard InChI is InChI=1S/C13H20N2O3S/c1-14-8-11-2-4-13(5-3-11)19(17,18)15-7-6-12(9-15)10-16/h2-5,12,14,16H,6-10H2,1H3. The van der Waals surface area contributed by atoms with Crippen LogP contribution < -0.4 is 5.32 Å². The Hall–Kier alpha value is -0.950. The maximum absolute atomic E-state index is 12.4. The van der Waals surface area contributed by atoms with E-state index in [4.69, 9.17) is 5.11 Å². The summed E-state index contributed by atoms with van der Waals surface area (Å²) in [6, 6.07) is 6.94. The van der Waals surface area contributed by atoms with Gasteiger partial charge in [0.15, 0.2) is 0 Å². The molecule has 19 heavy (non-hydrogen) atoms. The Morgan fingerprint density at radius 2 is 2.05 bits per heavy atom. The number of hydrogen-bond donors (Lipinski definition) is 2. The highest BCUT2D eigenvalue weighted by atomic mass is 32.2. The van der Waals surface area contributed by atoms with Crippen LogP contribution in [0.4, 0.5) is 0 Å². The molecule has 0 aliphatic carbocycles. The van der Waals surface area contributed by atoms with Crippen molar-refractivity contribution in [1.29, 1.82) is 0 Å². The third-order valence-electron chi connectivity index (χ3n) is 3.45. The Bertz CT molecular complexity index is 513. The van der Waals surface area contributed by atoms with Crippen LogP contribution in [-0.4, -0.2) is 44.6 Å². The smallest absolute Gasteiger partial charge is 0.243 e. The first-order valence-electron chi connectivity index (χ1n) is 6.42. The summed E-state index contributed by atoms with van der Waals surface area (Å²) in [6.07, 6.45) is 0.730. The van der Waals surface area contributed by atoms with Crippen molar-refractivity contribution in [2.45, 2.75) is 17.9 Å². The van der Waals surface area contributed by atoms with Crippen molar-refractivity contribution < 1.29 is 13.5 Å². The van der Waals surface area contributed by atoms with Gasteiger partial charge in [-0.25, -0.2) is 8.42 Å². The van der Waals surface area contributed by atoms with Crippen LogP contribution in [0.15, 0.2) is 29.2 Å². The van der Waals surface area contributed by atoms with Gasteiger partial charge in [-0.2, -0.15) is 4.31 Å². The minimum atomic E-state index is -3.41.